The molecule has 3 aromatic rings. The first kappa shape index (κ1) is 22.4. The van der Waals surface area contributed by atoms with Crippen LogP contribution in [0.4, 0.5) is 14.6 Å². The minimum Gasteiger partial charge on any atom is -0.493 e. The number of rotatable bonds is 5. The number of hydrogen-bond donors (Lipinski definition) is 0. The SMILES string of the molecule is COc1cc([C@@H]2c3c(C)nn(-c4ccccc4)c3N=C3C(Cl)=CC(Cl)=CN32)ccc1OC(F)F. The Balaban J connectivity index is 1.73. The Kier molecular flexibility index (Phi) is 5.79. The summed E-state index contributed by atoms with van der Waals surface area (Å²) < 4.78 is 37.4. The van der Waals surface area contributed by atoms with Crippen LogP contribution in [0, 0.1) is 6.92 Å². The molecule has 0 saturated heterocycles. The molecule has 3 heterocycles. The van der Waals surface area contributed by atoms with E-state index < -0.39 is 12.7 Å². The molecule has 2 aliphatic heterocycles. The number of fused-ring (bicyclic) bond motifs is 2. The molecule has 0 amide bonds. The highest BCUT2D eigenvalue weighted by molar-refractivity contribution is 6.45. The third kappa shape index (κ3) is 3.82. The smallest absolute Gasteiger partial charge is 0.387 e. The Morgan fingerprint density at radius 1 is 1.06 bits per heavy atom. The highest BCUT2D eigenvalue weighted by Gasteiger charge is 2.38. The van der Waals surface area contributed by atoms with E-state index in [-0.39, 0.29) is 11.5 Å². The van der Waals surface area contributed by atoms with E-state index in [0.717, 1.165) is 22.5 Å². The van der Waals surface area contributed by atoms with E-state index in [2.05, 4.69) is 4.74 Å². The largest absolute Gasteiger partial charge is 0.493 e. The van der Waals surface area contributed by atoms with Gasteiger partial charge in [-0.2, -0.15) is 13.9 Å². The van der Waals surface area contributed by atoms with Crippen molar-refractivity contribution in [3.63, 3.8) is 0 Å². The van der Waals surface area contributed by atoms with Gasteiger partial charge in [-0.15, -0.1) is 0 Å². The fourth-order valence-corrected chi connectivity index (χ4v) is 4.69. The van der Waals surface area contributed by atoms with E-state index in [1.54, 1.807) is 29.1 Å². The highest BCUT2D eigenvalue weighted by Crippen LogP contribution is 2.46. The predicted molar refractivity (Wildman–Crippen MR) is 127 cm³/mol. The summed E-state index contributed by atoms with van der Waals surface area (Å²) in [7, 11) is 1.40. The van der Waals surface area contributed by atoms with E-state index in [1.807, 2.05) is 42.2 Å². The molecule has 1 aromatic heterocycles. The number of hydrogen-bond acceptors (Lipinski definition) is 5. The summed E-state index contributed by atoms with van der Waals surface area (Å²) in [5.41, 5.74) is 3.14. The van der Waals surface area contributed by atoms with Crippen molar-refractivity contribution in [2.24, 2.45) is 4.99 Å². The van der Waals surface area contributed by atoms with Crippen molar-refractivity contribution in [1.29, 1.82) is 0 Å². The number of aryl methyl sites for hydroxylation is 1. The monoisotopic (exact) mass is 502 g/mol. The fraction of sp³-hybridized carbons (Fsp3) is 0.167. The van der Waals surface area contributed by atoms with Crippen LogP contribution >= 0.6 is 23.2 Å². The minimum atomic E-state index is -2.97. The zero-order valence-electron chi connectivity index (χ0n) is 18.0. The van der Waals surface area contributed by atoms with Gasteiger partial charge in [0.25, 0.3) is 0 Å². The molecule has 2 aliphatic rings. The molecule has 0 radical (unpaired) electrons. The van der Waals surface area contributed by atoms with E-state index in [1.165, 1.54) is 13.2 Å². The summed E-state index contributed by atoms with van der Waals surface area (Å²) in [6.45, 7) is -1.08. The minimum absolute atomic E-state index is 0.0620. The Morgan fingerprint density at radius 2 is 1.82 bits per heavy atom. The lowest BCUT2D eigenvalue weighted by Gasteiger charge is -2.37. The molecular formula is C24H18Cl2F2N4O2. The first-order chi connectivity index (χ1) is 16.4. The normalized spacial score (nSPS) is 17.0. The molecule has 174 valence electrons. The molecule has 34 heavy (non-hydrogen) atoms. The van der Waals surface area contributed by atoms with Crippen LogP contribution < -0.4 is 9.47 Å². The molecule has 0 unspecified atom stereocenters. The number of methoxy groups -OCH3 is 1. The molecular weight excluding hydrogens is 485 g/mol. The lowest BCUT2D eigenvalue weighted by Crippen LogP contribution is -2.35. The van der Waals surface area contributed by atoms with Gasteiger partial charge in [0.15, 0.2) is 23.2 Å². The molecule has 6 nitrogen and oxygen atoms in total. The Bertz CT molecular complexity index is 1350. The Labute approximate surface area is 204 Å². The maximum Gasteiger partial charge on any atom is 0.387 e. The number of ether oxygens (including phenoxy) is 2. The molecule has 0 spiro atoms. The van der Waals surface area contributed by atoms with Gasteiger partial charge in [-0.05, 0) is 42.8 Å². The summed E-state index contributed by atoms with van der Waals surface area (Å²) in [5, 5.41) is 5.54. The number of benzene rings is 2. The van der Waals surface area contributed by atoms with Crippen LogP contribution in [0.3, 0.4) is 0 Å². The zero-order chi connectivity index (χ0) is 24.0. The van der Waals surface area contributed by atoms with Gasteiger partial charge >= 0.3 is 6.61 Å². The van der Waals surface area contributed by atoms with Crippen LogP contribution in [0.1, 0.15) is 22.9 Å². The molecule has 0 fully saturated rings. The second kappa shape index (κ2) is 8.77. The maximum absolute atomic E-state index is 12.9. The quantitative estimate of drug-likeness (QED) is 0.402. The number of aromatic nitrogens is 2. The van der Waals surface area contributed by atoms with Crippen molar-refractivity contribution in [3.05, 3.63) is 87.7 Å². The number of para-hydroxylation sites is 1. The molecule has 0 bridgehead atoms. The summed E-state index contributed by atoms with van der Waals surface area (Å²) in [4.78, 5) is 6.69. The van der Waals surface area contributed by atoms with Crippen LogP contribution in [-0.4, -0.2) is 34.2 Å². The fourth-order valence-electron chi connectivity index (χ4n) is 4.17. The molecule has 0 N–H and O–H groups in total. The molecule has 10 heteroatoms. The van der Waals surface area contributed by atoms with Crippen molar-refractivity contribution >= 4 is 34.9 Å². The number of nitrogens with zero attached hydrogens (tertiary/aromatic N) is 4. The molecule has 1 atom stereocenters. The van der Waals surface area contributed by atoms with E-state index in [0.29, 0.717) is 21.7 Å². The van der Waals surface area contributed by atoms with Crippen LogP contribution in [0.2, 0.25) is 0 Å². The van der Waals surface area contributed by atoms with E-state index in [4.69, 9.17) is 38.0 Å². The van der Waals surface area contributed by atoms with Crippen molar-refractivity contribution in [1.82, 2.24) is 14.7 Å². The number of alkyl halides is 2. The predicted octanol–water partition coefficient (Wildman–Crippen LogP) is 6.44. The summed E-state index contributed by atoms with van der Waals surface area (Å²) in [6, 6.07) is 14.0. The molecule has 2 aromatic carbocycles. The summed E-state index contributed by atoms with van der Waals surface area (Å²) >= 11 is 12.9. The van der Waals surface area contributed by atoms with Crippen LogP contribution in [0.25, 0.3) is 5.69 Å². The second-order valence-electron chi connectivity index (χ2n) is 7.61. The topological polar surface area (TPSA) is 51.9 Å². The molecule has 0 saturated carbocycles. The van der Waals surface area contributed by atoms with Crippen LogP contribution in [0.5, 0.6) is 11.5 Å². The number of allylic oxidation sites excluding steroid dienone is 2. The third-order valence-corrected chi connectivity index (χ3v) is 6.04. The van der Waals surface area contributed by atoms with Crippen molar-refractivity contribution in [2.45, 2.75) is 19.6 Å². The molecule has 0 aliphatic carbocycles. The van der Waals surface area contributed by atoms with Crippen molar-refractivity contribution < 1.29 is 18.3 Å². The Hall–Kier alpha value is -3.36. The first-order valence-electron chi connectivity index (χ1n) is 10.3. The van der Waals surface area contributed by atoms with Gasteiger partial charge in [-0.1, -0.05) is 47.5 Å². The summed E-state index contributed by atoms with van der Waals surface area (Å²) in [6.07, 6.45) is 3.35. The highest BCUT2D eigenvalue weighted by atomic mass is 35.5. The van der Waals surface area contributed by atoms with Gasteiger partial charge in [0.2, 0.25) is 0 Å². The number of amidine groups is 1. The van der Waals surface area contributed by atoms with Crippen molar-refractivity contribution in [3.8, 4) is 17.2 Å². The lowest BCUT2D eigenvalue weighted by atomic mass is 9.94. The average Bonchev–Trinajstić information content (AvgIpc) is 3.14. The van der Waals surface area contributed by atoms with Crippen LogP contribution in [0.15, 0.2) is 75.9 Å². The van der Waals surface area contributed by atoms with Gasteiger partial charge in [0.05, 0.1) is 34.6 Å². The maximum atomic E-state index is 12.9. The summed E-state index contributed by atoms with van der Waals surface area (Å²) in [5.74, 6) is 1.22. The number of aliphatic imine (C=N–C) groups is 1. The van der Waals surface area contributed by atoms with Gasteiger partial charge in [0.1, 0.15) is 0 Å². The first-order valence-corrected chi connectivity index (χ1v) is 11.0. The second-order valence-corrected chi connectivity index (χ2v) is 8.45. The van der Waals surface area contributed by atoms with Crippen molar-refractivity contribution in [2.75, 3.05) is 7.11 Å². The third-order valence-electron chi connectivity index (χ3n) is 5.55. The average molecular weight is 503 g/mol. The van der Waals surface area contributed by atoms with Gasteiger partial charge < -0.3 is 14.4 Å². The lowest BCUT2D eigenvalue weighted by molar-refractivity contribution is -0.0512. The Morgan fingerprint density at radius 3 is 2.53 bits per heavy atom. The van der Waals surface area contributed by atoms with Gasteiger partial charge in [-0.3, -0.25) is 0 Å². The van der Waals surface area contributed by atoms with E-state index >= 15 is 0 Å². The van der Waals surface area contributed by atoms with E-state index in [9.17, 15) is 8.78 Å². The standard InChI is InChI=1S/C24H18Cl2F2N4O2/c1-13-20-21(14-8-9-18(34-24(27)28)19(10-14)33-2)31-12-15(25)11-17(26)22(31)29-23(20)32(30-13)16-6-4-3-5-7-16/h3-12,21,24H,1-2H3/t21-/m1/s1. The van der Waals surface area contributed by atoms with Gasteiger partial charge in [0, 0.05) is 11.8 Å². The number of halogens is 4. The zero-order valence-corrected chi connectivity index (χ0v) is 19.6. The molecule has 5 rings (SSSR count). The van der Waals surface area contributed by atoms with Crippen LogP contribution in [-0.2, 0) is 0 Å². The van der Waals surface area contributed by atoms with Gasteiger partial charge in [-0.25, -0.2) is 9.67 Å².